The summed E-state index contributed by atoms with van der Waals surface area (Å²) in [6, 6.07) is 0. The van der Waals surface area contributed by atoms with Crippen LogP contribution in [0.4, 0.5) is 0 Å². The monoisotopic (exact) mass is 226 g/mol. The van der Waals surface area contributed by atoms with Crippen molar-refractivity contribution in [2.75, 3.05) is 7.11 Å². The lowest BCUT2D eigenvalue weighted by molar-refractivity contribution is -0.135. The molecule has 0 spiro atoms. The van der Waals surface area contributed by atoms with Crippen molar-refractivity contribution >= 4 is 17.6 Å². The number of hydrogen-bond acceptors (Lipinski definition) is 4. The maximum Gasteiger partial charge on any atom is 0.315 e. The molecule has 0 saturated carbocycles. The van der Waals surface area contributed by atoms with Gasteiger partial charge in [-0.15, -0.1) is 0 Å². The molecule has 0 unspecified atom stereocenters. The van der Waals surface area contributed by atoms with Crippen LogP contribution in [0.3, 0.4) is 0 Å². The highest BCUT2D eigenvalue weighted by Crippen LogP contribution is 2.14. The molecule has 0 fully saturated rings. The van der Waals surface area contributed by atoms with Gasteiger partial charge in [0.1, 0.15) is 12.0 Å². The van der Waals surface area contributed by atoms with Crippen LogP contribution in [-0.2, 0) is 4.79 Å². The number of carbonyl (C=O) groups is 1. The van der Waals surface area contributed by atoms with E-state index in [0.29, 0.717) is 5.56 Å². The van der Waals surface area contributed by atoms with Crippen LogP contribution >= 0.6 is 11.6 Å². The second-order valence-electron chi connectivity index (χ2n) is 2.43. The molecule has 0 amide bonds. The number of aromatic nitrogens is 2. The third kappa shape index (κ3) is 3.44. The van der Waals surface area contributed by atoms with Crippen LogP contribution in [0.5, 0.6) is 5.88 Å². The Morgan fingerprint density at radius 3 is 3.07 bits per heavy atom. The van der Waals surface area contributed by atoms with Crippen molar-refractivity contribution in [3.8, 4) is 17.7 Å². The number of methoxy groups -OCH3 is 1. The summed E-state index contributed by atoms with van der Waals surface area (Å²) in [5, 5.41) is 8.43. The summed E-state index contributed by atoms with van der Waals surface area (Å²) in [5.74, 6) is 4.27. The molecule has 78 valence electrons. The van der Waals surface area contributed by atoms with Crippen molar-refractivity contribution < 1.29 is 14.6 Å². The van der Waals surface area contributed by atoms with Crippen molar-refractivity contribution in [1.29, 1.82) is 0 Å². The zero-order chi connectivity index (χ0) is 11.3. The maximum atomic E-state index is 10.2. The predicted molar refractivity (Wildman–Crippen MR) is 52.7 cm³/mol. The molecule has 0 bridgehead atoms. The van der Waals surface area contributed by atoms with Gasteiger partial charge in [-0.2, -0.15) is 4.98 Å². The molecule has 0 aliphatic rings. The maximum absolute atomic E-state index is 10.2. The molecule has 1 rings (SSSR count). The van der Waals surface area contributed by atoms with E-state index in [0.717, 1.165) is 0 Å². The van der Waals surface area contributed by atoms with E-state index in [1.165, 1.54) is 13.3 Å². The van der Waals surface area contributed by atoms with Crippen LogP contribution in [0, 0.1) is 11.8 Å². The highest BCUT2D eigenvalue weighted by Gasteiger charge is 2.03. The van der Waals surface area contributed by atoms with E-state index in [1.807, 2.05) is 0 Å². The Hall–Kier alpha value is -1.80. The van der Waals surface area contributed by atoms with Gasteiger partial charge in [-0.05, 0) is 11.6 Å². The van der Waals surface area contributed by atoms with Gasteiger partial charge in [0.25, 0.3) is 0 Å². The van der Waals surface area contributed by atoms with Crippen LogP contribution in [-0.4, -0.2) is 28.2 Å². The van der Waals surface area contributed by atoms with Crippen LogP contribution in [0.1, 0.15) is 12.0 Å². The van der Waals surface area contributed by atoms with E-state index in [-0.39, 0.29) is 17.6 Å². The predicted octanol–water partition coefficient (Wildman–Crippen LogP) is 0.965. The van der Waals surface area contributed by atoms with Gasteiger partial charge in [-0.1, -0.05) is 11.8 Å². The molecule has 0 saturated heterocycles. The molecule has 5 nitrogen and oxygen atoms in total. The molecule has 15 heavy (non-hydrogen) atoms. The third-order valence-corrected chi connectivity index (χ3v) is 1.56. The van der Waals surface area contributed by atoms with Crippen molar-refractivity contribution in [1.82, 2.24) is 9.97 Å². The van der Waals surface area contributed by atoms with Gasteiger partial charge >= 0.3 is 5.97 Å². The minimum Gasteiger partial charge on any atom is -0.481 e. The average molecular weight is 227 g/mol. The Kier molecular flexibility index (Phi) is 3.89. The molecule has 6 heteroatoms. The molecular weight excluding hydrogens is 220 g/mol. The van der Waals surface area contributed by atoms with E-state index < -0.39 is 5.97 Å². The molecule has 1 heterocycles. The first kappa shape index (κ1) is 11.3. The zero-order valence-electron chi connectivity index (χ0n) is 7.82. The number of rotatable bonds is 2. The SMILES string of the molecule is COc1nc(Cl)ncc1C#CCC(=O)O. The van der Waals surface area contributed by atoms with Crippen LogP contribution in [0.2, 0.25) is 5.28 Å². The van der Waals surface area contributed by atoms with E-state index in [2.05, 4.69) is 21.8 Å². The number of nitrogens with zero attached hydrogens (tertiary/aromatic N) is 2. The number of carboxylic acid groups (broad SMARTS) is 1. The summed E-state index contributed by atoms with van der Waals surface area (Å²) in [6.07, 6.45) is 1.13. The molecule has 1 aromatic rings. The van der Waals surface area contributed by atoms with Crippen LogP contribution in [0.25, 0.3) is 0 Å². The minimum atomic E-state index is -0.989. The zero-order valence-corrected chi connectivity index (χ0v) is 8.58. The molecule has 0 aliphatic carbocycles. The molecule has 0 aromatic carbocycles. The fourth-order valence-electron chi connectivity index (χ4n) is 0.802. The molecular formula is C9H7ClN2O3. The topological polar surface area (TPSA) is 72.3 Å². The average Bonchev–Trinajstić information content (AvgIpc) is 2.19. The van der Waals surface area contributed by atoms with E-state index in [1.54, 1.807) is 0 Å². The minimum absolute atomic E-state index is 0.0515. The third-order valence-electron chi connectivity index (χ3n) is 1.38. The number of halogens is 1. The first-order chi connectivity index (χ1) is 7.13. The van der Waals surface area contributed by atoms with Crippen molar-refractivity contribution in [3.05, 3.63) is 17.0 Å². The summed E-state index contributed by atoms with van der Waals surface area (Å²) >= 11 is 5.54. The standard InChI is InChI=1S/C9H7ClN2O3/c1-15-8-6(3-2-4-7(13)14)5-11-9(10)12-8/h5H,4H2,1H3,(H,13,14). The van der Waals surface area contributed by atoms with E-state index in [9.17, 15) is 4.79 Å². The van der Waals surface area contributed by atoms with E-state index >= 15 is 0 Å². The second kappa shape index (κ2) is 5.17. The number of carboxylic acids is 1. The quantitative estimate of drug-likeness (QED) is 0.601. The van der Waals surface area contributed by atoms with Crippen molar-refractivity contribution in [2.24, 2.45) is 0 Å². The van der Waals surface area contributed by atoms with Gasteiger partial charge in [0.15, 0.2) is 0 Å². The van der Waals surface area contributed by atoms with Crippen LogP contribution < -0.4 is 4.74 Å². The highest BCUT2D eigenvalue weighted by molar-refractivity contribution is 6.28. The number of ether oxygens (including phenoxy) is 1. The summed E-state index contributed by atoms with van der Waals surface area (Å²) in [4.78, 5) is 17.7. The Morgan fingerprint density at radius 1 is 1.73 bits per heavy atom. The van der Waals surface area contributed by atoms with Gasteiger partial charge in [-0.25, -0.2) is 4.98 Å². The molecule has 1 N–H and O–H groups in total. The second-order valence-corrected chi connectivity index (χ2v) is 2.77. The summed E-state index contributed by atoms with van der Waals surface area (Å²) in [5.41, 5.74) is 0.406. The largest absolute Gasteiger partial charge is 0.481 e. The lowest BCUT2D eigenvalue weighted by atomic mass is 10.3. The Balaban J connectivity index is 2.92. The fraction of sp³-hybridized carbons (Fsp3) is 0.222. The smallest absolute Gasteiger partial charge is 0.315 e. The Bertz CT molecular complexity index is 437. The Morgan fingerprint density at radius 2 is 2.47 bits per heavy atom. The normalized spacial score (nSPS) is 8.93. The molecule has 1 aromatic heterocycles. The lowest BCUT2D eigenvalue weighted by Gasteiger charge is -2.00. The first-order valence-electron chi connectivity index (χ1n) is 3.90. The highest BCUT2D eigenvalue weighted by atomic mass is 35.5. The summed E-state index contributed by atoms with van der Waals surface area (Å²) < 4.78 is 4.90. The van der Waals surface area contributed by atoms with Gasteiger partial charge in [-0.3, -0.25) is 4.79 Å². The van der Waals surface area contributed by atoms with E-state index in [4.69, 9.17) is 21.4 Å². The first-order valence-corrected chi connectivity index (χ1v) is 4.28. The summed E-state index contributed by atoms with van der Waals surface area (Å²) in [6.45, 7) is 0. The number of aliphatic carboxylic acids is 1. The molecule has 0 radical (unpaired) electrons. The van der Waals surface area contributed by atoms with Crippen molar-refractivity contribution in [2.45, 2.75) is 6.42 Å². The van der Waals surface area contributed by atoms with Crippen molar-refractivity contribution in [3.63, 3.8) is 0 Å². The van der Waals surface area contributed by atoms with Gasteiger partial charge in [0, 0.05) is 0 Å². The number of hydrogen-bond donors (Lipinski definition) is 1. The van der Waals surface area contributed by atoms with Gasteiger partial charge in [0.05, 0.1) is 13.3 Å². The molecule has 0 aliphatic heterocycles. The lowest BCUT2D eigenvalue weighted by Crippen LogP contribution is -1.95. The summed E-state index contributed by atoms with van der Waals surface area (Å²) in [7, 11) is 1.42. The van der Waals surface area contributed by atoms with Gasteiger partial charge < -0.3 is 9.84 Å². The van der Waals surface area contributed by atoms with Gasteiger partial charge in [0.2, 0.25) is 11.2 Å². The van der Waals surface area contributed by atoms with Crippen LogP contribution in [0.15, 0.2) is 6.20 Å². The fourth-order valence-corrected chi connectivity index (χ4v) is 0.928. The molecule has 0 atom stereocenters. The Labute approximate surface area is 91.1 Å².